The average Bonchev–Trinajstić information content (AvgIpc) is 2.40. The third-order valence-corrected chi connectivity index (χ3v) is 5.20. The van der Waals surface area contributed by atoms with Crippen LogP contribution in [0.15, 0.2) is 54.6 Å². The molecule has 0 aliphatic rings. The van der Waals surface area contributed by atoms with Gasteiger partial charge in [-0.05, 0) is 31.2 Å². The standard InChI is InChI=1S/C14H15O2P.B/c1-12-8-10-14(11-9-12)17(15,16-2)13-6-4-3-5-7-13;/h3-11H,1-2H3;. The smallest absolute Gasteiger partial charge is 0.261 e. The first-order chi connectivity index (χ1) is 8.16. The molecule has 2 aromatic carbocycles. The van der Waals surface area contributed by atoms with Crippen molar-refractivity contribution < 1.29 is 9.09 Å². The maximum atomic E-state index is 12.9. The molecular weight excluding hydrogens is 242 g/mol. The molecule has 0 bridgehead atoms. The fourth-order valence-corrected chi connectivity index (χ4v) is 3.55. The highest BCUT2D eigenvalue weighted by Gasteiger charge is 2.26. The molecule has 0 aliphatic heterocycles. The van der Waals surface area contributed by atoms with Crippen molar-refractivity contribution >= 4 is 26.4 Å². The van der Waals surface area contributed by atoms with Gasteiger partial charge in [0, 0.05) is 26.1 Å². The van der Waals surface area contributed by atoms with E-state index in [2.05, 4.69) is 0 Å². The highest BCUT2D eigenvalue weighted by molar-refractivity contribution is 7.74. The first-order valence-corrected chi connectivity index (χ1v) is 7.08. The van der Waals surface area contributed by atoms with Crippen molar-refractivity contribution in [2.45, 2.75) is 6.92 Å². The summed E-state index contributed by atoms with van der Waals surface area (Å²) < 4.78 is 18.2. The largest absolute Gasteiger partial charge is 0.325 e. The molecule has 1 atom stereocenters. The van der Waals surface area contributed by atoms with Gasteiger partial charge in [0.1, 0.15) is 0 Å². The van der Waals surface area contributed by atoms with Gasteiger partial charge >= 0.3 is 0 Å². The van der Waals surface area contributed by atoms with Gasteiger partial charge in [-0.2, -0.15) is 0 Å². The third-order valence-electron chi connectivity index (χ3n) is 2.73. The highest BCUT2D eigenvalue weighted by Crippen LogP contribution is 2.43. The molecule has 0 saturated heterocycles. The fourth-order valence-electron chi connectivity index (χ4n) is 1.73. The van der Waals surface area contributed by atoms with Crippen LogP contribution in [0.25, 0.3) is 0 Å². The van der Waals surface area contributed by atoms with E-state index >= 15 is 0 Å². The van der Waals surface area contributed by atoms with E-state index in [1.165, 1.54) is 7.11 Å². The van der Waals surface area contributed by atoms with Gasteiger partial charge in [-0.1, -0.05) is 35.9 Å². The van der Waals surface area contributed by atoms with Crippen LogP contribution in [0.1, 0.15) is 5.56 Å². The number of hydrogen-bond donors (Lipinski definition) is 0. The van der Waals surface area contributed by atoms with Crippen LogP contribution in [0.3, 0.4) is 0 Å². The Morgan fingerprint density at radius 2 is 1.39 bits per heavy atom. The summed E-state index contributed by atoms with van der Waals surface area (Å²) in [7, 11) is -1.43. The summed E-state index contributed by atoms with van der Waals surface area (Å²) >= 11 is 0. The van der Waals surface area contributed by atoms with E-state index in [-0.39, 0.29) is 8.41 Å². The second-order valence-electron chi connectivity index (χ2n) is 3.91. The SMILES string of the molecule is COP(=O)(c1ccccc1)c1ccc(C)cc1.[B]. The molecule has 2 aromatic rings. The zero-order valence-electron chi connectivity index (χ0n) is 10.5. The van der Waals surface area contributed by atoms with Crippen LogP contribution in [-0.2, 0) is 9.09 Å². The summed E-state index contributed by atoms with van der Waals surface area (Å²) in [6, 6.07) is 16.9. The van der Waals surface area contributed by atoms with E-state index in [4.69, 9.17) is 4.52 Å². The molecule has 0 N–H and O–H groups in total. The van der Waals surface area contributed by atoms with Gasteiger partial charge in [0.2, 0.25) is 0 Å². The van der Waals surface area contributed by atoms with Crippen LogP contribution < -0.4 is 10.6 Å². The number of rotatable bonds is 3. The molecule has 4 heteroatoms. The van der Waals surface area contributed by atoms with Crippen LogP contribution in [0, 0.1) is 6.92 Å². The zero-order chi connectivity index (χ0) is 12.3. The van der Waals surface area contributed by atoms with Gasteiger partial charge in [-0.15, -0.1) is 0 Å². The fraction of sp³-hybridized carbons (Fsp3) is 0.143. The van der Waals surface area contributed by atoms with E-state index in [0.29, 0.717) is 0 Å². The van der Waals surface area contributed by atoms with Crippen LogP contribution in [0.4, 0.5) is 0 Å². The van der Waals surface area contributed by atoms with Crippen molar-refractivity contribution in [1.82, 2.24) is 0 Å². The van der Waals surface area contributed by atoms with Crippen LogP contribution in [0.2, 0.25) is 0 Å². The van der Waals surface area contributed by atoms with E-state index < -0.39 is 7.37 Å². The summed E-state index contributed by atoms with van der Waals surface area (Å²) in [5.41, 5.74) is 1.14. The molecule has 0 heterocycles. The highest BCUT2D eigenvalue weighted by atomic mass is 31.2. The van der Waals surface area contributed by atoms with Crippen molar-refractivity contribution in [3.8, 4) is 0 Å². The van der Waals surface area contributed by atoms with Crippen molar-refractivity contribution in [3.63, 3.8) is 0 Å². The molecule has 2 nitrogen and oxygen atoms in total. The summed E-state index contributed by atoms with van der Waals surface area (Å²) in [4.78, 5) is 0. The van der Waals surface area contributed by atoms with Crippen LogP contribution in [-0.4, -0.2) is 15.5 Å². The maximum absolute atomic E-state index is 12.9. The lowest BCUT2D eigenvalue weighted by molar-refractivity contribution is 0.412. The number of benzene rings is 2. The van der Waals surface area contributed by atoms with Crippen molar-refractivity contribution in [2.75, 3.05) is 7.11 Å². The van der Waals surface area contributed by atoms with Gasteiger partial charge in [0.25, 0.3) is 7.37 Å². The quantitative estimate of drug-likeness (QED) is 0.623. The predicted molar refractivity (Wildman–Crippen MR) is 77.3 cm³/mol. The van der Waals surface area contributed by atoms with Gasteiger partial charge in [0.05, 0.1) is 0 Å². The molecule has 1 unspecified atom stereocenters. The van der Waals surface area contributed by atoms with Crippen molar-refractivity contribution in [1.29, 1.82) is 0 Å². The van der Waals surface area contributed by atoms with E-state index in [9.17, 15) is 4.57 Å². The third kappa shape index (κ3) is 2.74. The number of aryl methyl sites for hydroxylation is 1. The van der Waals surface area contributed by atoms with E-state index in [0.717, 1.165) is 16.2 Å². The molecule has 0 fully saturated rings. The molecule has 0 spiro atoms. The molecule has 0 amide bonds. The molecule has 0 aliphatic carbocycles. The average molecular weight is 257 g/mol. The Morgan fingerprint density at radius 1 is 0.889 bits per heavy atom. The first kappa shape index (κ1) is 14.8. The predicted octanol–water partition coefficient (Wildman–Crippen LogP) is 2.49. The first-order valence-electron chi connectivity index (χ1n) is 5.45. The van der Waals surface area contributed by atoms with Gasteiger partial charge in [0.15, 0.2) is 0 Å². The Bertz CT molecular complexity index is 537. The topological polar surface area (TPSA) is 26.3 Å². The Hall–Kier alpha value is -1.31. The van der Waals surface area contributed by atoms with Gasteiger partial charge < -0.3 is 4.52 Å². The minimum Gasteiger partial charge on any atom is -0.325 e. The molecule has 0 aromatic heterocycles. The molecule has 91 valence electrons. The summed E-state index contributed by atoms with van der Waals surface area (Å²) in [5.74, 6) is 0. The molecular formula is C14H15BO2P. The lowest BCUT2D eigenvalue weighted by Gasteiger charge is -2.16. The van der Waals surface area contributed by atoms with Gasteiger partial charge in [-0.25, -0.2) is 0 Å². The Kier molecular flexibility index (Phi) is 4.95. The maximum Gasteiger partial charge on any atom is 0.261 e. The second-order valence-corrected chi connectivity index (χ2v) is 6.41. The minimum absolute atomic E-state index is 0. The zero-order valence-corrected chi connectivity index (χ0v) is 11.4. The minimum atomic E-state index is -2.92. The van der Waals surface area contributed by atoms with E-state index in [1.807, 2.05) is 61.5 Å². The van der Waals surface area contributed by atoms with Crippen molar-refractivity contribution in [2.24, 2.45) is 0 Å². The number of hydrogen-bond acceptors (Lipinski definition) is 2. The lowest BCUT2D eigenvalue weighted by Crippen LogP contribution is -2.16. The second kappa shape index (κ2) is 6.04. The Labute approximate surface area is 110 Å². The van der Waals surface area contributed by atoms with E-state index in [1.54, 1.807) is 0 Å². The molecule has 2 rings (SSSR count). The monoisotopic (exact) mass is 257 g/mol. The summed E-state index contributed by atoms with van der Waals surface area (Å²) in [6.45, 7) is 2.00. The van der Waals surface area contributed by atoms with Crippen LogP contribution in [0.5, 0.6) is 0 Å². The van der Waals surface area contributed by atoms with Crippen molar-refractivity contribution in [3.05, 3.63) is 60.2 Å². The molecule has 0 saturated carbocycles. The van der Waals surface area contributed by atoms with Gasteiger partial charge in [-0.3, -0.25) is 4.57 Å². The Morgan fingerprint density at radius 3 is 1.89 bits per heavy atom. The van der Waals surface area contributed by atoms with Crippen LogP contribution >= 0.6 is 7.37 Å². The summed E-state index contributed by atoms with van der Waals surface area (Å²) in [5, 5.41) is 1.46. The molecule has 18 heavy (non-hydrogen) atoms. The summed E-state index contributed by atoms with van der Waals surface area (Å²) in [6.07, 6.45) is 0. The Balaban J connectivity index is 0.00000162. The normalized spacial score (nSPS) is 13.4. The lowest BCUT2D eigenvalue weighted by atomic mass is 10.2. The molecule has 3 radical (unpaired) electrons.